The molecule has 0 spiro atoms. The second kappa shape index (κ2) is 8.96. The summed E-state index contributed by atoms with van der Waals surface area (Å²) in [6.45, 7) is 2.06. The van der Waals surface area contributed by atoms with Crippen molar-refractivity contribution in [2.75, 3.05) is 5.32 Å². The highest BCUT2D eigenvalue weighted by Crippen LogP contribution is 2.27. The van der Waals surface area contributed by atoms with E-state index >= 15 is 0 Å². The van der Waals surface area contributed by atoms with Crippen LogP contribution in [0.2, 0.25) is 0 Å². The van der Waals surface area contributed by atoms with Crippen LogP contribution in [0.4, 0.5) is 10.1 Å². The van der Waals surface area contributed by atoms with Gasteiger partial charge in [0.05, 0.1) is 12.1 Å². The molecule has 0 aliphatic heterocycles. The zero-order chi connectivity index (χ0) is 18.4. The standard InChI is InChI=1S/C20H19FN2OS2/c1-2-14-7-4-6-10-18(14)23-19(24)11-16-13-26-20(22-16)25-12-15-8-3-5-9-17(15)21/h3-10,13H,2,11-12H2,1H3,(H,23,24). The molecule has 0 bridgehead atoms. The van der Waals surface area contributed by atoms with E-state index in [9.17, 15) is 9.18 Å². The summed E-state index contributed by atoms with van der Waals surface area (Å²) in [5.74, 6) is 0.239. The Morgan fingerprint density at radius 2 is 1.88 bits per heavy atom. The maximum Gasteiger partial charge on any atom is 0.230 e. The molecule has 0 saturated carbocycles. The molecular weight excluding hydrogens is 367 g/mol. The van der Waals surface area contributed by atoms with Gasteiger partial charge in [-0.15, -0.1) is 11.3 Å². The van der Waals surface area contributed by atoms with Crippen molar-refractivity contribution in [1.29, 1.82) is 0 Å². The fourth-order valence-electron chi connectivity index (χ4n) is 2.50. The average molecular weight is 387 g/mol. The molecule has 0 radical (unpaired) electrons. The average Bonchev–Trinajstić information content (AvgIpc) is 3.08. The Labute approximate surface area is 160 Å². The van der Waals surface area contributed by atoms with Crippen molar-refractivity contribution in [3.05, 3.63) is 76.5 Å². The van der Waals surface area contributed by atoms with Gasteiger partial charge in [-0.2, -0.15) is 0 Å². The van der Waals surface area contributed by atoms with Gasteiger partial charge in [0.1, 0.15) is 10.2 Å². The minimum atomic E-state index is -0.203. The summed E-state index contributed by atoms with van der Waals surface area (Å²) in [5, 5.41) is 4.84. The minimum absolute atomic E-state index is 0.0816. The van der Waals surface area contributed by atoms with Gasteiger partial charge < -0.3 is 5.32 Å². The second-order valence-corrected chi connectivity index (χ2v) is 7.80. The molecule has 1 aromatic heterocycles. The van der Waals surface area contributed by atoms with Crippen molar-refractivity contribution in [1.82, 2.24) is 4.98 Å². The summed E-state index contributed by atoms with van der Waals surface area (Å²) in [5.41, 5.74) is 3.35. The van der Waals surface area contributed by atoms with E-state index in [1.807, 2.05) is 35.7 Å². The number of halogens is 1. The quantitative estimate of drug-likeness (QED) is 0.559. The molecule has 0 saturated heterocycles. The first-order valence-corrected chi connectivity index (χ1v) is 10.2. The molecule has 0 aliphatic rings. The van der Waals surface area contributed by atoms with Gasteiger partial charge in [0.15, 0.2) is 0 Å². The first-order valence-electron chi connectivity index (χ1n) is 8.34. The molecule has 2 aromatic carbocycles. The molecule has 134 valence electrons. The van der Waals surface area contributed by atoms with Gasteiger partial charge >= 0.3 is 0 Å². The normalized spacial score (nSPS) is 10.7. The number of carbonyl (C=O) groups is 1. The van der Waals surface area contributed by atoms with Gasteiger partial charge in [-0.05, 0) is 29.7 Å². The van der Waals surface area contributed by atoms with Crippen LogP contribution in [0.5, 0.6) is 0 Å². The van der Waals surface area contributed by atoms with E-state index in [2.05, 4.69) is 17.2 Å². The number of thiazole rings is 1. The van der Waals surface area contributed by atoms with Crippen molar-refractivity contribution < 1.29 is 9.18 Å². The summed E-state index contributed by atoms with van der Waals surface area (Å²) in [6, 6.07) is 14.5. The molecule has 1 amide bonds. The van der Waals surface area contributed by atoms with Crippen LogP contribution in [0.25, 0.3) is 0 Å². The fraction of sp³-hybridized carbons (Fsp3) is 0.200. The van der Waals surface area contributed by atoms with Gasteiger partial charge in [-0.25, -0.2) is 9.37 Å². The number of benzene rings is 2. The SMILES string of the molecule is CCc1ccccc1NC(=O)Cc1csc(SCc2ccccc2F)n1. The number of thioether (sulfide) groups is 1. The Morgan fingerprint density at radius 1 is 1.15 bits per heavy atom. The zero-order valence-corrected chi connectivity index (χ0v) is 16.0. The highest BCUT2D eigenvalue weighted by molar-refractivity contribution is 8.00. The van der Waals surface area contributed by atoms with Crippen LogP contribution in [0, 0.1) is 5.82 Å². The third kappa shape index (κ3) is 4.93. The number of nitrogens with zero attached hydrogens (tertiary/aromatic N) is 1. The van der Waals surface area contributed by atoms with E-state index in [0.717, 1.165) is 27.7 Å². The largest absolute Gasteiger partial charge is 0.325 e. The molecule has 3 nitrogen and oxygen atoms in total. The lowest BCUT2D eigenvalue weighted by molar-refractivity contribution is -0.115. The maximum absolute atomic E-state index is 13.7. The monoisotopic (exact) mass is 386 g/mol. The Balaban J connectivity index is 1.56. The van der Waals surface area contributed by atoms with Crippen LogP contribution in [0.15, 0.2) is 58.3 Å². The van der Waals surface area contributed by atoms with Crippen molar-refractivity contribution in [3.63, 3.8) is 0 Å². The topological polar surface area (TPSA) is 42.0 Å². The first kappa shape index (κ1) is 18.6. The van der Waals surface area contributed by atoms with Crippen LogP contribution >= 0.6 is 23.1 Å². The molecule has 0 atom stereocenters. The number of hydrogen-bond donors (Lipinski definition) is 1. The van der Waals surface area contributed by atoms with Crippen molar-refractivity contribution in [2.24, 2.45) is 0 Å². The van der Waals surface area contributed by atoms with E-state index in [1.54, 1.807) is 12.1 Å². The summed E-state index contributed by atoms with van der Waals surface area (Å²) >= 11 is 2.96. The Hall–Kier alpha value is -2.18. The van der Waals surface area contributed by atoms with Crippen molar-refractivity contribution in [2.45, 2.75) is 29.9 Å². The summed E-state index contributed by atoms with van der Waals surface area (Å²) in [4.78, 5) is 16.8. The first-order chi connectivity index (χ1) is 12.7. The minimum Gasteiger partial charge on any atom is -0.325 e. The van der Waals surface area contributed by atoms with Gasteiger partial charge in [-0.1, -0.05) is 55.1 Å². The molecule has 0 fully saturated rings. The molecule has 26 heavy (non-hydrogen) atoms. The highest BCUT2D eigenvalue weighted by atomic mass is 32.2. The highest BCUT2D eigenvalue weighted by Gasteiger charge is 2.11. The number of carbonyl (C=O) groups excluding carboxylic acids is 1. The molecular formula is C20H19FN2OS2. The molecule has 0 aliphatic carbocycles. The van der Waals surface area contributed by atoms with E-state index in [4.69, 9.17) is 0 Å². The Morgan fingerprint density at radius 3 is 2.65 bits per heavy atom. The van der Waals surface area contributed by atoms with Crippen molar-refractivity contribution in [3.8, 4) is 0 Å². The van der Waals surface area contributed by atoms with E-state index in [0.29, 0.717) is 11.3 Å². The molecule has 1 N–H and O–H groups in total. The van der Waals surface area contributed by atoms with E-state index in [-0.39, 0.29) is 18.1 Å². The third-order valence-electron chi connectivity index (χ3n) is 3.85. The van der Waals surface area contributed by atoms with Crippen molar-refractivity contribution >= 4 is 34.7 Å². The zero-order valence-electron chi connectivity index (χ0n) is 14.4. The number of anilines is 1. The number of hydrogen-bond acceptors (Lipinski definition) is 4. The lowest BCUT2D eigenvalue weighted by Crippen LogP contribution is -2.15. The van der Waals surface area contributed by atoms with Gasteiger partial charge in [-0.3, -0.25) is 4.79 Å². The number of aromatic nitrogens is 1. The maximum atomic E-state index is 13.7. The number of nitrogens with one attached hydrogen (secondary N) is 1. The summed E-state index contributed by atoms with van der Waals surface area (Å²) in [7, 11) is 0. The van der Waals surface area contributed by atoms with Crippen LogP contribution in [0.3, 0.4) is 0 Å². The molecule has 0 unspecified atom stereocenters. The fourth-order valence-corrected chi connectivity index (χ4v) is 4.33. The van der Waals surface area contributed by atoms with Gasteiger partial charge in [0.2, 0.25) is 5.91 Å². The number of aryl methyl sites for hydroxylation is 1. The third-order valence-corrected chi connectivity index (χ3v) is 5.97. The smallest absolute Gasteiger partial charge is 0.230 e. The Kier molecular flexibility index (Phi) is 6.41. The second-order valence-electron chi connectivity index (χ2n) is 5.72. The van der Waals surface area contributed by atoms with Crippen LogP contribution < -0.4 is 5.32 Å². The van der Waals surface area contributed by atoms with Crippen LogP contribution in [-0.4, -0.2) is 10.9 Å². The van der Waals surface area contributed by atoms with E-state index in [1.165, 1.54) is 29.2 Å². The lowest BCUT2D eigenvalue weighted by Gasteiger charge is -2.08. The number of amides is 1. The molecule has 6 heteroatoms. The molecule has 3 rings (SSSR count). The molecule has 3 aromatic rings. The molecule has 1 heterocycles. The van der Waals surface area contributed by atoms with Crippen LogP contribution in [-0.2, 0) is 23.4 Å². The number of rotatable bonds is 7. The summed E-state index contributed by atoms with van der Waals surface area (Å²) < 4.78 is 14.5. The Bertz CT molecular complexity index is 895. The van der Waals surface area contributed by atoms with Gasteiger partial charge in [0.25, 0.3) is 0 Å². The van der Waals surface area contributed by atoms with E-state index < -0.39 is 0 Å². The predicted octanol–water partition coefficient (Wildman–Crippen LogP) is 5.32. The summed E-state index contributed by atoms with van der Waals surface area (Å²) in [6.07, 6.45) is 1.10. The number of para-hydroxylation sites is 1. The van der Waals surface area contributed by atoms with Crippen LogP contribution in [0.1, 0.15) is 23.7 Å². The van der Waals surface area contributed by atoms with Gasteiger partial charge in [0, 0.05) is 16.8 Å². The lowest BCUT2D eigenvalue weighted by atomic mass is 10.1. The predicted molar refractivity (Wildman–Crippen MR) is 106 cm³/mol.